The van der Waals surface area contributed by atoms with Crippen LogP contribution in [-0.4, -0.2) is 47.1 Å². The zero-order valence-electron chi connectivity index (χ0n) is 16.7. The van der Waals surface area contributed by atoms with Crippen LogP contribution >= 0.6 is 22.7 Å². The number of aromatic nitrogens is 2. The normalized spacial score (nSPS) is 15.8. The fourth-order valence-electron chi connectivity index (χ4n) is 3.36. The fourth-order valence-corrected chi connectivity index (χ4v) is 5.06. The van der Waals surface area contributed by atoms with Crippen LogP contribution in [-0.2, 0) is 0 Å². The van der Waals surface area contributed by atoms with Gasteiger partial charge in [-0.05, 0) is 20.3 Å². The summed E-state index contributed by atoms with van der Waals surface area (Å²) in [6.07, 6.45) is 0.940. The number of aryl methyl sites for hydroxylation is 1. The molecule has 1 unspecified atom stereocenters. The third-order valence-corrected chi connectivity index (χ3v) is 7.01. The molecule has 6 nitrogen and oxygen atoms in total. The van der Waals surface area contributed by atoms with Gasteiger partial charge in [0.25, 0.3) is 0 Å². The molecule has 1 atom stereocenters. The summed E-state index contributed by atoms with van der Waals surface area (Å²) in [6.45, 7) is 7.20. The van der Waals surface area contributed by atoms with Crippen molar-refractivity contribution >= 4 is 33.8 Å². The Morgan fingerprint density at radius 3 is 2.66 bits per heavy atom. The number of rotatable bonds is 4. The SMILES string of the molecule is Cc1csc(N2CCCN(C(=O)NC(C)c3nc(-c4ccccc4)cs3)CC2)n1. The average Bonchev–Trinajstić information content (AvgIpc) is 3.32. The number of anilines is 1. The van der Waals surface area contributed by atoms with Gasteiger partial charge in [-0.3, -0.25) is 0 Å². The molecule has 4 rings (SSSR count). The molecule has 3 aromatic rings. The molecule has 2 amide bonds. The average molecular weight is 428 g/mol. The molecule has 3 heterocycles. The molecule has 1 fully saturated rings. The van der Waals surface area contributed by atoms with Crippen molar-refractivity contribution in [2.24, 2.45) is 0 Å². The van der Waals surface area contributed by atoms with E-state index in [4.69, 9.17) is 4.98 Å². The third-order valence-electron chi connectivity index (χ3n) is 4.96. The molecule has 0 spiro atoms. The lowest BCUT2D eigenvalue weighted by molar-refractivity contribution is 0.198. The molecule has 0 saturated carbocycles. The van der Waals surface area contributed by atoms with Crippen LogP contribution in [0.5, 0.6) is 0 Å². The van der Waals surface area contributed by atoms with Crippen molar-refractivity contribution in [1.82, 2.24) is 20.2 Å². The van der Waals surface area contributed by atoms with Gasteiger partial charge in [-0.25, -0.2) is 14.8 Å². The van der Waals surface area contributed by atoms with Gasteiger partial charge in [-0.2, -0.15) is 0 Å². The molecule has 29 heavy (non-hydrogen) atoms. The number of benzene rings is 1. The van der Waals surface area contributed by atoms with Crippen LogP contribution in [0.25, 0.3) is 11.3 Å². The molecule has 0 bridgehead atoms. The van der Waals surface area contributed by atoms with Crippen LogP contribution in [0, 0.1) is 6.92 Å². The first-order valence-corrected chi connectivity index (χ1v) is 11.6. The highest BCUT2D eigenvalue weighted by molar-refractivity contribution is 7.13. The second-order valence-electron chi connectivity index (χ2n) is 7.21. The van der Waals surface area contributed by atoms with E-state index in [0.29, 0.717) is 6.54 Å². The predicted octanol–water partition coefficient (Wildman–Crippen LogP) is 4.56. The van der Waals surface area contributed by atoms with Gasteiger partial charge in [0, 0.05) is 42.5 Å². The minimum Gasteiger partial charge on any atom is -0.346 e. The van der Waals surface area contributed by atoms with E-state index in [9.17, 15) is 4.79 Å². The Morgan fingerprint density at radius 1 is 1.07 bits per heavy atom. The molecular formula is C21H25N5OS2. The topological polar surface area (TPSA) is 61.4 Å². The Labute approximate surface area is 179 Å². The molecule has 1 N–H and O–H groups in total. The van der Waals surface area contributed by atoms with Crippen molar-refractivity contribution in [3.05, 3.63) is 51.8 Å². The molecule has 8 heteroatoms. The Morgan fingerprint density at radius 2 is 1.90 bits per heavy atom. The quantitative estimate of drug-likeness (QED) is 0.663. The van der Waals surface area contributed by atoms with Crippen molar-refractivity contribution in [3.63, 3.8) is 0 Å². The van der Waals surface area contributed by atoms with E-state index in [-0.39, 0.29) is 12.1 Å². The number of nitrogens with one attached hydrogen (secondary N) is 1. The highest BCUT2D eigenvalue weighted by atomic mass is 32.1. The number of amides is 2. The highest BCUT2D eigenvalue weighted by Gasteiger charge is 2.22. The van der Waals surface area contributed by atoms with Gasteiger partial charge in [0.05, 0.1) is 17.4 Å². The summed E-state index contributed by atoms with van der Waals surface area (Å²) >= 11 is 3.26. The van der Waals surface area contributed by atoms with Crippen LogP contribution in [0.1, 0.15) is 30.1 Å². The van der Waals surface area contributed by atoms with E-state index in [2.05, 4.69) is 32.7 Å². The van der Waals surface area contributed by atoms with Crippen LogP contribution in [0.4, 0.5) is 9.93 Å². The van der Waals surface area contributed by atoms with Gasteiger partial charge < -0.3 is 15.1 Å². The zero-order chi connectivity index (χ0) is 20.2. The second kappa shape index (κ2) is 8.92. The molecule has 1 aliphatic rings. The Balaban J connectivity index is 1.35. The number of hydrogen-bond donors (Lipinski definition) is 1. The van der Waals surface area contributed by atoms with Crippen molar-refractivity contribution in [2.45, 2.75) is 26.3 Å². The summed E-state index contributed by atoms with van der Waals surface area (Å²) in [5.74, 6) is 0. The van der Waals surface area contributed by atoms with Crippen molar-refractivity contribution in [3.8, 4) is 11.3 Å². The van der Waals surface area contributed by atoms with Crippen LogP contribution < -0.4 is 10.2 Å². The lowest BCUT2D eigenvalue weighted by atomic mass is 10.2. The molecule has 1 saturated heterocycles. The highest BCUT2D eigenvalue weighted by Crippen LogP contribution is 2.26. The van der Waals surface area contributed by atoms with Gasteiger partial charge in [0.15, 0.2) is 5.13 Å². The molecule has 152 valence electrons. The maximum atomic E-state index is 12.8. The van der Waals surface area contributed by atoms with Gasteiger partial charge in [0.2, 0.25) is 0 Å². The number of thiazole rings is 2. The Hall–Kier alpha value is -2.45. The van der Waals surface area contributed by atoms with E-state index in [1.165, 1.54) is 0 Å². The standard InChI is InChI=1S/C21H25N5OS2/c1-15-13-29-21(22-15)26-10-6-9-25(11-12-26)20(27)23-16(2)19-24-18(14-28-19)17-7-4-3-5-8-17/h3-5,7-8,13-14,16H,6,9-12H2,1-2H3,(H,23,27). The Bertz CT molecular complexity index is 955. The second-order valence-corrected chi connectivity index (χ2v) is 8.93. The number of hydrogen-bond acceptors (Lipinski definition) is 6. The zero-order valence-corrected chi connectivity index (χ0v) is 18.3. The lowest BCUT2D eigenvalue weighted by Gasteiger charge is -2.23. The molecular weight excluding hydrogens is 402 g/mol. The molecule has 0 aliphatic carbocycles. The van der Waals surface area contributed by atoms with E-state index in [0.717, 1.165) is 53.1 Å². The summed E-state index contributed by atoms with van der Waals surface area (Å²) in [4.78, 5) is 26.3. The monoisotopic (exact) mass is 427 g/mol. The summed E-state index contributed by atoms with van der Waals surface area (Å²) in [5.41, 5.74) is 3.10. The van der Waals surface area contributed by atoms with Gasteiger partial charge in [-0.15, -0.1) is 22.7 Å². The van der Waals surface area contributed by atoms with E-state index < -0.39 is 0 Å². The van der Waals surface area contributed by atoms with Gasteiger partial charge in [0.1, 0.15) is 5.01 Å². The molecule has 1 aromatic carbocycles. The first kappa shape index (κ1) is 19.8. The fraction of sp³-hybridized carbons (Fsp3) is 0.381. The number of urea groups is 1. The van der Waals surface area contributed by atoms with Crippen molar-refractivity contribution < 1.29 is 4.79 Å². The Kier molecular flexibility index (Phi) is 6.10. The molecule has 2 aromatic heterocycles. The predicted molar refractivity (Wildman–Crippen MR) is 120 cm³/mol. The summed E-state index contributed by atoms with van der Waals surface area (Å²) in [6, 6.07) is 9.98. The summed E-state index contributed by atoms with van der Waals surface area (Å²) in [7, 11) is 0. The number of carbonyl (C=O) groups excluding carboxylic acids is 1. The maximum absolute atomic E-state index is 12.8. The third kappa shape index (κ3) is 4.76. The summed E-state index contributed by atoms with van der Waals surface area (Å²) < 4.78 is 0. The van der Waals surface area contributed by atoms with Crippen LogP contribution in [0.3, 0.4) is 0 Å². The molecule has 0 radical (unpaired) electrons. The first-order valence-electron chi connectivity index (χ1n) is 9.83. The van der Waals surface area contributed by atoms with Gasteiger partial charge >= 0.3 is 6.03 Å². The van der Waals surface area contributed by atoms with E-state index in [1.54, 1.807) is 22.7 Å². The van der Waals surface area contributed by atoms with E-state index >= 15 is 0 Å². The minimum absolute atomic E-state index is 0.0221. The van der Waals surface area contributed by atoms with Gasteiger partial charge in [-0.1, -0.05) is 30.3 Å². The number of carbonyl (C=O) groups is 1. The summed E-state index contributed by atoms with van der Waals surface area (Å²) in [5, 5.41) is 9.22. The maximum Gasteiger partial charge on any atom is 0.318 e. The molecule has 1 aliphatic heterocycles. The lowest BCUT2D eigenvalue weighted by Crippen LogP contribution is -2.43. The smallest absolute Gasteiger partial charge is 0.318 e. The minimum atomic E-state index is -0.120. The largest absolute Gasteiger partial charge is 0.346 e. The van der Waals surface area contributed by atoms with Crippen molar-refractivity contribution in [2.75, 3.05) is 31.1 Å². The number of nitrogens with zero attached hydrogens (tertiary/aromatic N) is 4. The van der Waals surface area contributed by atoms with Crippen LogP contribution in [0.15, 0.2) is 41.1 Å². The van der Waals surface area contributed by atoms with E-state index in [1.807, 2.05) is 42.3 Å². The first-order chi connectivity index (χ1) is 14.1. The van der Waals surface area contributed by atoms with Crippen molar-refractivity contribution in [1.29, 1.82) is 0 Å². The van der Waals surface area contributed by atoms with Crippen LogP contribution in [0.2, 0.25) is 0 Å².